The zero-order valence-corrected chi connectivity index (χ0v) is 16.8. The second kappa shape index (κ2) is 8.64. The van der Waals surface area contributed by atoms with Gasteiger partial charge in [0.25, 0.3) is 0 Å². The van der Waals surface area contributed by atoms with Gasteiger partial charge < -0.3 is 10.6 Å². The first kappa shape index (κ1) is 19.4. The van der Waals surface area contributed by atoms with Crippen LogP contribution < -0.4 is 10.6 Å². The summed E-state index contributed by atoms with van der Waals surface area (Å²) in [6, 6.07) is 19.5. The summed E-state index contributed by atoms with van der Waals surface area (Å²) in [4.78, 5) is 9.20. The van der Waals surface area contributed by atoms with Gasteiger partial charge in [0.15, 0.2) is 0 Å². The molecular weight excluding hydrogens is 410 g/mol. The average molecular weight is 427 g/mol. The number of para-hydroxylation sites is 1. The zero-order chi connectivity index (χ0) is 20.2. The van der Waals surface area contributed by atoms with E-state index in [2.05, 4.69) is 20.6 Å². The summed E-state index contributed by atoms with van der Waals surface area (Å²) in [5.41, 5.74) is 2.67. The number of anilines is 2. The number of rotatable bonds is 6. The van der Waals surface area contributed by atoms with E-state index in [-0.39, 0.29) is 5.82 Å². The maximum Gasteiger partial charge on any atom is 0.225 e. The van der Waals surface area contributed by atoms with Crippen LogP contribution in [-0.4, -0.2) is 9.97 Å². The Bertz CT molecular complexity index is 1150. The third kappa shape index (κ3) is 4.75. The Hall–Kier alpha value is -2.89. The van der Waals surface area contributed by atoms with Crippen molar-refractivity contribution in [3.8, 4) is 0 Å². The molecule has 2 N–H and O–H groups in total. The Balaban J connectivity index is 1.57. The van der Waals surface area contributed by atoms with Gasteiger partial charge in [-0.2, -0.15) is 4.98 Å². The van der Waals surface area contributed by atoms with Gasteiger partial charge in [-0.25, -0.2) is 9.37 Å². The number of fused-ring (bicyclic) bond motifs is 1. The van der Waals surface area contributed by atoms with Gasteiger partial charge in [0.1, 0.15) is 11.6 Å². The van der Waals surface area contributed by atoms with Gasteiger partial charge in [-0.3, -0.25) is 0 Å². The monoisotopic (exact) mass is 426 g/mol. The maximum absolute atomic E-state index is 13.1. The number of aromatic nitrogens is 2. The number of nitrogens with one attached hydrogen (secondary N) is 2. The van der Waals surface area contributed by atoms with Crippen LogP contribution in [0.25, 0.3) is 10.9 Å². The summed E-state index contributed by atoms with van der Waals surface area (Å²) >= 11 is 12.2. The topological polar surface area (TPSA) is 49.8 Å². The van der Waals surface area contributed by atoms with E-state index in [4.69, 9.17) is 23.2 Å². The SMILES string of the molecule is Fc1ccc(CNc2nc(NCc3ccc(Cl)cc3Cl)nc3ccccc23)cc1. The molecule has 0 amide bonds. The van der Waals surface area contributed by atoms with Crippen molar-refractivity contribution in [2.24, 2.45) is 0 Å². The molecule has 0 aliphatic heterocycles. The molecule has 4 rings (SSSR count). The minimum atomic E-state index is -0.256. The van der Waals surface area contributed by atoms with Crippen molar-refractivity contribution >= 4 is 45.9 Å². The lowest BCUT2D eigenvalue weighted by Gasteiger charge is -2.12. The predicted octanol–water partition coefficient (Wildman–Crippen LogP) is 6.30. The van der Waals surface area contributed by atoms with Crippen LogP contribution in [-0.2, 0) is 13.1 Å². The molecule has 1 heterocycles. The molecule has 0 saturated heterocycles. The summed E-state index contributed by atoms with van der Waals surface area (Å²) < 4.78 is 13.1. The molecule has 0 radical (unpaired) electrons. The van der Waals surface area contributed by atoms with E-state index in [9.17, 15) is 4.39 Å². The molecule has 1 aromatic heterocycles. The van der Waals surface area contributed by atoms with E-state index in [0.29, 0.717) is 34.9 Å². The molecule has 0 aliphatic carbocycles. The van der Waals surface area contributed by atoms with Gasteiger partial charge in [-0.05, 0) is 47.5 Å². The molecule has 4 aromatic rings. The molecule has 0 aliphatic rings. The molecule has 7 heteroatoms. The van der Waals surface area contributed by atoms with Crippen LogP contribution in [0.5, 0.6) is 0 Å². The van der Waals surface area contributed by atoms with E-state index in [1.807, 2.05) is 30.3 Å². The Morgan fingerprint density at radius 1 is 0.828 bits per heavy atom. The summed E-state index contributed by atoms with van der Waals surface area (Å²) in [6.07, 6.45) is 0. The molecule has 0 fully saturated rings. The summed E-state index contributed by atoms with van der Waals surface area (Å²) in [5, 5.41) is 8.63. The standard InChI is InChI=1S/C22H17Cl2FN4/c23-16-8-7-15(19(24)11-16)13-27-22-28-20-4-2-1-3-18(20)21(29-22)26-12-14-5-9-17(25)10-6-14/h1-11H,12-13H2,(H2,26,27,28,29). The van der Waals surface area contributed by atoms with Crippen molar-refractivity contribution in [3.63, 3.8) is 0 Å². The predicted molar refractivity (Wildman–Crippen MR) is 117 cm³/mol. The van der Waals surface area contributed by atoms with Gasteiger partial charge >= 0.3 is 0 Å². The number of nitrogens with zero attached hydrogens (tertiary/aromatic N) is 2. The molecule has 0 spiro atoms. The highest BCUT2D eigenvalue weighted by Crippen LogP contribution is 2.24. The van der Waals surface area contributed by atoms with Crippen LogP contribution in [0.3, 0.4) is 0 Å². The van der Waals surface area contributed by atoms with Crippen molar-refractivity contribution < 1.29 is 4.39 Å². The number of hydrogen-bond donors (Lipinski definition) is 2. The molecule has 29 heavy (non-hydrogen) atoms. The number of benzene rings is 3. The van der Waals surface area contributed by atoms with Gasteiger partial charge in [-0.1, -0.05) is 53.5 Å². The van der Waals surface area contributed by atoms with Crippen LogP contribution in [0.2, 0.25) is 10.0 Å². The first-order valence-electron chi connectivity index (χ1n) is 9.01. The average Bonchev–Trinajstić information content (AvgIpc) is 2.72. The highest BCUT2D eigenvalue weighted by molar-refractivity contribution is 6.35. The van der Waals surface area contributed by atoms with E-state index in [1.54, 1.807) is 24.3 Å². The third-order valence-corrected chi connectivity index (χ3v) is 5.02. The quantitative estimate of drug-likeness (QED) is 0.379. The van der Waals surface area contributed by atoms with Crippen molar-refractivity contribution in [2.45, 2.75) is 13.1 Å². The largest absolute Gasteiger partial charge is 0.365 e. The smallest absolute Gasteiger partial charge is 0.225 e. The maximum atomic E-state index is 13.1. The minimum absolute atomic E-state index is 0.256. The van der Waals surface area contributed by atoms with Gasteiger partial charge in [0.05, 0.1) is 5.52 Å². The summed E-state index contributed by atoms with van der Waals surface area (Å²) in [5.74, 6) is 0.925. The lowest BCUT2D eigenvalue weighted by Crippen LogP contribution is -2.08. The van der Waals surface area contributed by atoms with Crippen LogP contribution in [0.1, 0.15) is 11.1 Å². The number of hydrogen-bond acceptors (Lipinski definition) is 4. The lowest BCUT2D eigenvalue weighted by atomic mass is 10.2. The highest BCUT2D eigenvalue weighted by Gasteiger charge is 2.09. The van der Waals surface area contributed by atoms with E-state index < -0.39 is 0 Å². The fourth-order valence-electron chi connectivity index (χ4n) is 2.92. The van der Waals surface area contributed by atoms with Crippen LogP contribution in [0.4, 0.5) is 16.2 Å². The van der Waals surface area contributed by atoms with Crippen molar-refractivity contribution in [1.29, 1.82) is 0 Å². The number of halogens is 3. The fourth-order valence-corrected chi connectivity index (χ4v) is 3.39. The van der Waals surface area contributed by atoms with Crippen molar-refractivity contribution in [2.75, 3.05) is 10.6 Å². The Kier molecular flexibility index (Phi) is 5.79. The Morgan fingerprint density at radius 3 is 2.41 bits per heavy atom. The molecular formula is C22H17Cl2FN4. The van der Waals surface area contributed by atoms with Crippen LogP contribution >= 0.6 is 23.2 Å². The van der Waals surface area contributed by atoms with Gasteiger partial charge in [0.2, 0.25) is 5.95 Å². The van der Waals surface area contributed by atoms with E-state index in [0.717, 1.165) is 22.0 Å². The van der Waals surface area contributed by atoms with Crippen LogP contribution in [0.15, 0.2) is 66.7 Å². The third-order valence-electron chi connectivity index (χ3n) is 4.43. The van der Waals surface area contributed by atoms with E-state index >= 15 is 0 Å². The van der Waals surface area contributed by atoms with Crippen molar-refractivity contribution in [3.05, 3.63) is 93.7 Å². The minimum Gasteiger partial charge on any atom is -0.365 e. The molecule has 0 atom stereocenters. The second-order valence-electron chi connectivity index (χ2n) is 6.48. The molecule has 3 aromatic carbocycles. The second-order valence-corrected chi connectivity index (χ2v) is 7.33. The Labute approximate surface area is 177 Å². The molecule has 0 saturated carbocycles. The first-order valence-corrected chi connectivity index (χ1v) is 9.77. The summed E-state index contributed by atoms with van der Waals surface area (Å²) in [7, 11) is 0. The highest BCUT2D eigenvalue weighted by atomic mass is 35.5. The van der Waals surface area contributed by atoms with Gasteiger partial charge in [-0.15, -0.1) is 0 Å². The molecule has 0 unspecified atom stereocenters. The first-order chi connectivity index (χ1) is 14.1. The zero-order valence-electron chi connectivity index (χ0n) is 15.3. The van der Waals surface area contributed by atoms with Gasteiger partial charge in [0, 0.05) is 28.5 Å². The lowest BCUT2D eigenvalue weighted by molar-refractivity contribution is 0.627. The van der Waals surface area contributed by atoms with Crippen LogP contribution in [0, 0.1) is 5.82 Å². The molecule has 146 valence electrons. The van der Waals surface area contributed by atoms with Crippen molar-refractivity contribution in [1.82, 2.24) is 9.97 Å². The molecule has 0 bridgehead atoms. The summed E-state index contributed by atoms with van der Waals surface area (Å²) in [6.45, 7) is 0.982. The Morgan fingerprint density at radius 2 is 1.62 bits per heavy atom. The van der Waals surface area contributed by atoms with E-state index in [1.165, 1.54) is 12.1 Å². The fraction of sp³-hybridized carbons (Fsp3) is 0.0909. The normalized spacial score (nSPS) is 10.9. The molecule has 4 nitrogen and oxygen atoms in total.